The molecule has 0 heterocycles. The molecule has 0 rings (SSSR count). The molecule has 0 heteroatoms. The van der Waals surface area contributed by atoms with Crippen LogP contribution in [0.4, 0.5) is 0 Å². The van der Waals surface area contributed by atoms with Crippen LogP contribution in [0, 0.1) is 17.8 Å². The molecule has 2 atom stereocenters. The van der Waals surface area contributed by atoms with Crippen molar-refractivity contribution in [3.8, 4) is 0 Å². The molecule has 90 valence electrons. The highest BCUT2D eigenvalue weighted by atomic mass is 14.2. The maximum absolute atomic E-state index is 2.45. The van der Waals surface area contributed by atoms with E-state index >= 15 is 0 Å². The highest BCUT2D eigenvalue weighted by Gasteiger charge is 2.14. The molecule has 0 bridgehead atoms. The molecule has 0 radical (unpaired) electrons. The minimum atomic E-state index is 0.754. The molecule has 0 spiro atoms. The summed E-state index contributed by atoms with van der Waals surface area (Å²) < 4.78 is 0. The summed E-state index contributed by atoms with van der Waals surface area (Å²) in [4.78, 5) is 0. The van der Waals surface area contributed by atoms with Gasteiger partial charge in [-0.25, -0.2) is 0 Å². The van der Waals surface area contributed by atoms with Gasteiger partial charge >= 0.3 is 0 Å². The van der Waals surface area contributed by atoms with E-state index in [1.165, 1.54) is 25.7 Å². The Balaban J connectivity index is 4.05. The molecule has 0 fully saturated rings. The van der Waals surface area contributed by atoms with Gasteiger partial charge in [-0.3, -0.25) is 0 Å². The highest BCUT2D eigenvalue weighted by molar-refractivity contribution is 5.03. The third-order valence-corrected chi connectivity index (χ3v) is 3.44. The van der Waals surface area contributed by atoms with Crippen LogP contribution in [0.1, 0.15) is 67.2 Å². The Hall–Kier alpha value is -0.260. The molecule has 0 N–H and O–H groups in total. The first-order valence-corrected chi connectivity index (χ1v) is 6.65. The van der Waals surface area contributed by atoms with Crippen LogP contribution in [0.25, 0.3) is 0 Å². The predicted molar refractivity (Wildman–Crippen MR) is 71.1 cm³/mol. The lowest BCUT2D eigenvalue weighted by Gasteiger charge is -2.22. The van der Waals surface area contributed by atoms with Crippen LogP contribution in [0.2, 0.25) is 0 Å². The molecule has 0 nitrogen and oxygen atoms in total. The molecule has 0 saturated heterocycles. The molecule has 2 unspecified atom stereocenters. The first kappa shape index (κ1) is 14.7. The summed E-state index contributed by atoms with van der Waals surface area (Å²) in [7, 11) is 0. The van der Waals surface area contributed by atoms with Crippen molar-refractivity contribution in [3.63, 3.8) is 0 Å². The van der Waals surface area contributed by atoms with Crippen molar-refractivity contribution < 1.29 is 0 Å². The molecule has 0 saturated carbocycles. The van der Waals surface area contributed by atoms with Gasteiger partial charge in [-0.15, -0.1) is 0 Å². The van der Waals surface area contributed by atoms with Gasteiger partial charge in [0.05, 0.1) is 0 Å². The van der Waals surface area contributed by atoms with E-state index < -0.39 is 0 Å². The standard InChI is InChI=1S/C15H30/c1-7-8-9-10-13(4)15(6)14(5)11-12(2)3/h10,12,14-15H,7-9,11H2,1-6H3/b13-10-. The van der Waals surface area contributed by atoms with E-state index in [0.717, 1.165) is 17.8 Å². The number of hydrogen-bond donors (Lipinski definition) is 0. The zero-order chi connectivity index (χ0) is 11.8. The van der Waals surface area contributed by atoms with Crippen molar-refractivity contribution in [2.45, 2.75) is 67.2 Å². The molecule has 0 aromatic heterocycles. The van der Waals surface area contributed by atoms with Gasteiger partial charge in [0.25, 0.3) is 0 Å². The van der Waals surface area contributed by atoms with Gasteiger partial charge in [0.2, 0.25) is 0 Å². The molecule has 0 aromatic rings. The smallest absolute Gasteiger partial charge is 0.0209 e. The third kappa shape index (κ3) is 6.76. The predicted octanol–water partition coefficient (Wildman–Crippen LogP) is 5.44. The number of unbranched alkanes of at least 4 members (excludes halogenated alkanes) is 2. The van der Waals surface area contributed by atoms with Gasteiger partial charge in [0, 0.05) is 0 Å². The van der Waals surface area contributed by atoms with Crippen LogP contribution < -0.4 is 0 Å². The van der Waals surface area contributed by atoms with Gasteiger partial charge in [0.1, 0.15) is 0 Å². The van der Waals surface area contributed by atoms with Crippen LogP contribution in [-0.2, 0) is 0 Å². The summed E-state index contributed by atoms with van der Waals surface area (Å²) in [6.07, 6.45) is 7.70. The lowest BCUT2D eigenvalue weighted by Crippen LogP contribution is -2.11. The zero-order valence-corrected chi connectivity index (χ0v) is 11.6. The lowest BCUT2D eigenvalue weighted by atomic mass is 9.83. The summed E-state index contributed by atoms with van der Waals surface area (Å²) in [6, 6.07) is 0. The van der Waals surface area contributed by atoms with E-state index in [1.807, 2.05) is 0 Å². The van der Waals surface area contributed by atoms with E-state index in [0.29, 0.717) is 0 Å². The Morgan fingerprint density at radius 3 is 2.20 bits per heavy atom. The number of hydrogen-bond acceptors (Lipinski definition) is 0. The van der Waals surface area contributed by atoms with E-state index in [-0.39, 0.29) is 0 Å². The monoisotopic (exact) mass is 210 g/mol. The average Bonchev–Trinajstić information content (AvgIpc) is 2.15. The van der Waals surface area contributed by atoms with Gasteiger partial charge < -0.3 is 0 Å². The quantitative estimate of drug-likeness (QED) is 0.387. The molecule has 0 aliphatic heterocycles. The highest BCUT2D eigenvalue weighted by Crippen LogP contribution is 2.26. The van der Waals surface area contributed by atoms with E-state index in [2.05, 4.69) is 47.6 Å². The molecular weight excluding hydrogens is 180 g/mol. The van der Waals surface area contributed by atoms with Crippen LogP contribution in [-0.4, -0.2) is 0 Å². The third-order valence-electron chi connectivity index (χ3n) is 3.44. The first-order chi connectivity index (χ1) is 6.99. The summed E-state index contributed by atoms with van der Waals surface area (Å²) in [5.41, 5.74) is 1.59. The van der Waals surface area contributed by atoms with Gasteiger partial charge in [-0.1, -0.05) is 59.1 Å². The van der Waals surface area contributed by atoms with E-state index in [1.54, 1.807) is 5.57 Å². The topological polar surface area (TPSA) is 0 Å². The van der Waals surface area contributed by atoms with Crippen molar-refractivity contribution in [2.75, 3.05) is 0 Å². The van der Waals surface area contributed by atoms with Crippen molar-refractivity contribution in [1.82, 2.24) is 0 Å². The molecule has 15 heavy (non-hydrogen) atoms. The summed E-state index contributed by atoms with van der Waals surface area (Å²) in [5.74, 6) is 2.40. The number of allylic oxidation sites excluding steroid dienone is 2. The van der Waals surface area contributed by atoms with Crippen molar-refractivity contribution >= 4 is 0 Å². The Morgan fingerprint density at radius 2 is 1.73 bits per heavy atom. The fourth-order valence-corrected chi connectivity index (χ4v) is 2.12. The summed E-state index contributed by atoms with van der Waals surface area (Å²) in [6.45, 7) is 14.0. The Morgan fingerprint density at radius 1 is 1.13 bits per heavy atom. The van der Waals surface area contributed by atoms with Gasteiger partial charge in [0.15, 0.2) is 0 Å². The maximum atomic E-state index is 2.45. The van der Waals surface area contributed by atoms with Crippen LogP contribution in [0.15, 0.2) is 11.6 Å². The Labute approximate surface area is 97.2 Å². The van der Waals surface area contributed by atoms with Crippen LogP contribution in [0.5, 0.6) is 0 Å². The fourth-order valence-electron chi connectivity index (χ4n) is 2.12. The summed E-state index contributed by atoms with van der Waals surface area (Å²) >= 11 is 0. The normalized spacial score (nSPS) is 16.9. The minimum absolute atomic E-state index is 0.754. The molecule has 0 amide bonds. The molecule has 0 aromatic carbocycles. The fraction of sp³-hybridized carbons (Fsp3) is 0.867. The van der Waals surface area contributed by atoms with E-state index in [4.69, 9.17) is 0 Å². The second kappa shape index (κ2) is 7.96. The largest absolute Gasteiger partial charge is 0.0853 e. The summed E-state index contributed by atoms with van der Waals surface area (Å²) in [5, 5.41) is 0. The average molecular weight is 210 g/mol. The maximum Gasteiger partial charge on any atom is -0.0209 e. The van der Waals surface area contributed by atoms with Crippen LogP contribution >= 0.6 is 0 Å². The van der Waals surface area contributed by atoms with Crippen molar-refractivity contribution in [1.29, 1.82) is 0 Å². The first-order valence-electron chi connectivity index (χ1n) is 6.65. The zero-order valence-electron chi connectivity index (χ0n) is 11.6. The molecule has 0 aliphatic rings. The second-order valence-electron chi connectivity index (χ2n) is 5.49. The van der Waals surface area contributed by atoms with Crippen LogP contribution in [0.3, 0.4) is 0 Å². The SMILES string of the molecule is CCCC/C=C(/C)C(C)C(C)CC(C)C. The number of rotatable bonds is 7. The molecular formula is C15H30. The molecule has 0 aliphatic carbocycles. The van der Waals surface area contributed by atoms with Crippen molar-refractivity contribution in [3.05, 3.63) is 11.6 Å². The minimum Gasteiger partial charge on any atom is -0.0853 e. The lowest BCUT2D eigenvalue weighted by molar-refractivity contribution is 0.357. The Bertz CT molecular complexity index is 176. The van der Waals surface area contributed by atoms with Gasteiger partial charge in [-0.2, -0.15) is 0 Å². The second-order valence-corrected chi connectivity index (χ2v) is 5.49. The van der Waals surface area contributed by atoms with E-state index in [9.17, 15) is 0 Å². The van der Waals surface area contributed by atoms with Crippen molar-refractivity contribution in [2.24, 2.45) is 17.8 Å². The van der Waals surface area contributed by atoms with Gasteiger partial charge in [-0.05, 0) is 37.5 Å². The Kier molecular flexibility index (Phi) is 7.82.